The maximum absolute atomic E-state index is 13.5. The SMILES string of the molecule is CCC(Cc1ccccc1)OC(=O)CN1C(=O)[C@@H](CC(=O)NCc2ccccc2)C[C@@H]1c1ccc(Br)cc1. The van der Waals surface area contributed by atoms with Gasteiger partial charge in [-0.2, -0.15) is 0 Å². The molecule has 4 rings (SSSR count). The first-order valence-electron chi connectivity index (χ1n) is 13.0. The second-order valence-electron chi connectivity index (χ2n) is 9.64. The molecule has 0 radical (unpaired) electrons. The van der Waals surface area contributed by atoms with Crippen LogP contribution in [0.25, 0.3) is 0 Å². The van der Waals surface area contributed by atoms with Crippen LogP contribution in [0, 0.1) is 5.92 Å². The average molecular weight is 578 g/mol. The van der Waals surface area contributed by atoms with Gasteiger partial charge in [0, 0.05) is 29.8 Å². The molecule has 3 aromatic rings. The van der Waals surface area contributed by atoms with Crippen LogP contribution in [-0.4, -0.2) is 35.3 Å². The van der Waals surface area contributed by atoms with Crippen molar-refractivity contribution in [2.45, 2.75) is 51.3 Å². The Balaban J connectivity index is 1.42. The van der Waals surface area contributed by atoms with Crippen molar-refractivity contribution in [2.24, 2.45) is 5.92 Å². The quantitative estimate of drug-likeness (QED) is 0.301. The summed E-state index contributed by atoms with van der Waals surface area (Å²) in [7, 11) is 0. The normalized spacial score (nSPS) is 17.7. The highest BCUT2D eigenvalue weighted by molar-refractivity contribution is 9.10. The molecule has 0 bridgehead atoms. The topological polar surface area (TPSA) is 75.7 Å². The third-order valence-electron chi connectivity index (χ3n) is 6.89. The van der Waals surface area contributed by atoms with Gasteiger partial charge in [0.15, 0.2) is 0 Å². The standard InChI is InChI=1S/C31H33BrN2O4/c1-2-27(17-22-9-5-3-6-10-22)38-30(36)21-34-28(24-13-15-26(32)16-14-24)18-25(31(34)37)19-29(35)33-20-23-11-7-4-8-12-23/h3-16,25,27-28H,2,17-21H2,1H3,(H,33,35)/t25-,27?,28-/m1/s1. The van der Waals surface area contributed by atoms with Gasteiger partial charge in [0.05, 0.1) is 6.04 Å². The molecule has 38 heavy (non-hydrogen) atoms. The Bertz CT molecular complexity index is 1220. The van der Waals surface area contributed by atoms with E-state index in [1.54, 1.807) is 4.90 Å². The Morgan fingerprint density at radius 2 is 1.61 bits per heavy atom. The fourth-order valence-electron chi connectivity index (χ4n) is 4.85. The fraction of sp³-hybridized carbons (Fsp3) is 0.323. The highest BCUT2D eigenvalue weighted by atomic mass is 79.9. The second-order valence-corrected chi connectivity index (χ2v) is 10.6. The summed E-state index contributed by atoms with van der Waals surface area (Å²) in [6.07, 6.45) is 1.57. The van der Waals surface area contributed by atoms with Crippen molar-refractivity contribution in [3.05, 3.63) is 106 Å². The van der Waals surface area contributed by atoms with Crippen molar-refractivity contribution in [3.63, 3.8) is 0 Å². The molecule has 0 spiro atoms. The number of esters is 1. The van der Waals surface area contributed by atoms with Gasteiger partial charge in [-0.1, -0.05) is 95.7 Å². The molecule has 1 aliphatic rings. The maximum Gasteiger partial charge on any atom is 0.325 e. The minimum Gasteiger partial charge on any atom is -0.461 e. The van der Waals surface area contributed by atoms with Crippen LogP contribution >= 0.6 is 15.9 Å². The van der Waals surface area contributed by atoms with Crippen molar-refractivity contribution in [3.8, 4) is 0 Å². The van der Waals surface area contributed by atoms with Gasteiger partial charge in [-0.3, -0.25) is 14.4 Å². The molecule has 0 saturated carbocycles. The van der Waals surface area contributed by atoms with E-state index in [0.717, 1.165) is 21.2 Å². The third-order valence-corrected chi connectivity index (χ3v) is 7.42. The predicted molar refractivity (Wildman–Crippen MR) is 150 cm³/mol. The van der Waals surface area contributed by atoms with E-state index in [9.17, 15) is 14.4 Å². The highest BCUT2D eigenvalue weighted by Gasteiger charge is 2.42. The number of hydrogen-bond donors (Lipinski definition) is 1. The lowest BCUT2D eigenvalue weighted by Gasteiger charge is -2.25. The van der Waals surface area contributed by atoms with Crippen molar-refractivity contribution in [2.75, 3.05) is 6.54 Å². The number of likely N-dealkylation sites (tertiary alicyclic amines) is 1. The summed E-state index contributed by atoms with van der Waals surface area (Å²) in [5.41, 5.74) is 3.02. The van der Waals surface area contributed by atoms with Gasteiger partial charge in [0.2, 0.25) is 11.8 Å². The number of rotatable bonds is 11. The van der Waals surface area contributed by atoms with Crippen molar-refractivity contribution in [1.82, 2.24) is 10.2 Å². The molecule has 6 nitrogen and oxygen atoms in total. The molecule has 1 unspecified atom stereocenters. The van der Waals surface area contributed by atoms with E-state index in [-0.39, 0.29) is 36.9 Å². The molecule has 198 valence electrons. The Labute approximate surface area is 232 Å². The number of ether oxygens (including phenoxy) is 1. The summed E-state index contributed by atoms with van der Waals surface area (Å²) in [4.78, 5) is 40.8. The second kappa shape index (κ2) is 13.4. The lowest BCUT2D eigenvalue weighted by molar-refractivity contribution is -0.154. The molecule has 1 heterocycles. The molecule has 1 fully saturated rings. The Morgan fingerprint density at radius 1 is 0.974 bits per heavy atom. The van der Waals surface area contributed by atoms with Crippen LogP contribution < -0.4 is 5.32 Å². The smallest absolute Gasteiger partial charge is 0.325 e. The molecule has 1 aliphatic heterocycles. The largest absolute Gasteiger partial charge is 0.461 e. The van der Waals surface area contributed by atoms with Gasteiger partial charge >= 0.3 is 5.97 Å². The first-order valence-corrected chi connectivity index (χ1v) is 13.8. The van der Waals surface area contributed by atoms with Crippen LogP contribution in [0.4, 0.5) is 0 Å². The Kier molecular flexibility index (Phi) is 9.71. The monoisotopic (exact) mass is 576 g/mol. The molecule has 3 atom stereocenters. The van der Waals surface area contributed by atoms with E-state index in [1.165, 1.54) is 0 Å². The van der Waals surface area contributed by atoms with E-state index in [0.29, 0.717) is 25.8 Å². The van der Waals surface area contributed by atoms with E-state index in [1.807, 2.05) is 91.9 Å². The molecule has 3 aromatic carbocycles. The summed E-state index contributed by atoms with van der Waals surface area (Å²) >= 11 is 3.46. The number of hydrogen-bond acceptors (Lipinski definition) is 4. The fourth-order valence-corrected chi connectivity index (χ4v) is 5.11. The van der Waals surface area contributed by atoms with Crippen LogP contribution in [0.5, 0.6) is 0 Å². The zero-order valence-corrected chi connectivity index (χ0v) is 23.1. The zero-order valence-electron chi connectivity index (χ0n) is 21.5. The first-order chi connectivity index (χ1) is 18.4. The van der Waals surface area contributed by atoms with Crippen molar-refractivity contribution >= 4 is 33.7 Å². The van der Waals surface area contributed by atoms with Gasteiger partial charge in [-0.25, -0.2) is 0 Å². The Hall–Kier alpha value is -3.45. The van der Waals surface area contributed by atoms with E-state index in [2.05, 4.69) is 21.2 Å². The first kappa shape index (κ1) is 27.6. The number of benzene rings is 3. The number of amides is 2. The maximum atomic E-state index is 13.5. The summed E-state index contributed by atoms with van der Waals surface area (Å²) < 4.78 is 6.73. The van der Waals surface area contributed by atoms with Crippen LogP contribution in [0.15, 0.2) is 89.4 Å². The minimum absolute atomic E-state index is 0.0792. The number of nitrogens with one attached hydrogen (secondary N) is 1. The number of nitrogens with zero attached hydrogens (tertiary/aromatic N) is 1. The average Bonchev–Trinajstić information content (AvgIpc) is 3.23. The van der Waals surface area contributed by atoms with Gasteiger partial charge in [0.1, 0.15) is 12.6 Å². The van der Waals surface area contributed by atoms with Gasteiger partial charge < -0.3 is 15.0 Å². The minimum atomic E-state index is -0.501. The number of carbonyl (C=O) groups is 3. The predicted octanol–water partition coefficient (Wildman–Crippen LogP) is 5.61. The molecule has 2 amide bonds. The lowest BCUT2D eigenvalue weighted by Crippen LogP contribution is -2.37. The van der Waals surface area contributed by atoms with Crippen LogP contribution in [-0.2, 0) is 32.1 Å². The number of carbonyl (C=O) groups excluding carboxylic acids is 3. The zero-order chi connectivity index (χ0) is 26.9. The highest BCUT2D eigenvalue weighted by Crippen LogP contribution is 2.38. The van der Waals surface area contributed by atoms with E-state index in [4.69, 9.17) is 4.74 Å². The van der Waals surface area contributed by atoms with Crippen LogP contribution in [0.3, 0.4) is 0 Å². The summed E-state index contributed by atoms with van der Waals surface area (Å²) in [6, 6.07) is 27.0. The third kappa shape index (κ3) is 7.54. The molecular formula is C31H33BrN2O4. The van der Waals surface area contributed by atoms with Gasteiger partial charge in [-0.15, -0.1) is 0 Å². The Morgan fingerprint density at radius 3 is 2.24 bits per heavy atom. The van der Waals surface area contributed by atoms with Gasteiger partial charge in [0.25, 0.3) is 0 Å². The van der Waals surface area contributed by atoms with Gasteiger partial charge in [-0.05, 0) is 41.7 Å². The lowest BCUT2D eigenvalue weighted by atomic mass is 9.97. The molecule has 0 aliphatic carbocycles. The summed E-state index contributed by atoms with van der Waals surface area (Å²) in [6.45, 7) is 2.25. The number of halogens is 1. The molecular weight excluding hydrogens is 544 g/mol. The molecule has 0 aromatic heterocycles. The van der Waals surface area contributed by atoms with E-state index < -0.39 is 11.9 Å². The van der Waals surface area contributed by atoms with Crippen LogP contribution in [0.1, 0.15) is 48.9 Å². The van der Waals surface area contributed by atoms with Crippen molar-refractivity contribution < 1.29 is 19.1 Å². The van der Waals surface area contributed by atoms with E-state index >= 15 is 0 Å². The van der Waals surface area contributed by atoms with Crippen LogP contribution in [0.2, 0.25) is 0 Å². The van der Waals surface area contributed by atoms with Crippen molar-refractivity contribution in [1.29, 1.82) is 0 Å². The summed E-state index contributed by atoms with van der Waals surface area (Å²) in [5.74, 6) is -1.31. The molecule has 7 heteroatoms. The molecule has 1 N–H and O–H groups in total. The molecule has 1 saturated heterocycles. The summed E-state index contributed by atoms with van der Waals surface area (Å²) in [5, 5.41) is 2.91.